The Hall–Kier alpha value is -0.0800. The maximum Gasteiger partial charge on any atom is 0.0462 e. The normalized spacial score (nSPS) is 20.1. The SMILES string of the molecule is CCNCC1(CCCOC)CCCC1. The third kappa shape index (κ3) is 3.58. The number of hydrogen-bond donors (Lipinski definition) is 1. The minimum Gasteiger partial charge on any atom is -0.385 e. The molecule has 0 unspecified atom stereocenters. The number of rotatable bonds is 7. The van der Waals surface area contributed by atoms with Crippen LogP contribution in [0.5, 0.6) is 0 Å². The van der Waals surface area contributed by atoms with Gasteiger partial charge < -0.3 is 10.1 Å². The van der Waals surface area contributed by atoms with E-state index in [0.717, 1.165) is 13.2 Å². The molecule has 2 nitrogen and oxygen atoms in total. The van der Waals surface area contributed by atoms with Crippen molar-refractivity contribution in [2.45, 2.75) is 45.4 Å². The summed E-state index contributed by atoms with van der Waals surface area (Å²) in [7, 11) is 1.80. The molecule has 0 radical (unpaired) electrons. The Morgan fingerprint density at radius 2 is 2.00 bits per heavy atom. The fourth-order valence-electron chi connectivity index (χ4n) is 2.62. The van der Waals surface area contributed by atoms with E-state index < -0.39 is 0 Å². The first-order valence-electron chi connectivity index (χ1n) is 6.03. The van der Waals surface area contributed by atoms with Crippen LogP contribution in [-0.2, 0) is 4.74 Å². The zero-order valence-electron chi connectivity index (χ0n) is 9.77. The lowest BCUT2D eigenvalue weighted by molar-refractivity contribution is 0.164. The third-order valence-corrected chi connectivity index (χ3v) is 3.47. The Labute approximate surface area is 88.4 Å². The van der Waals surface area contributed by atoms with Crippen LogP contribution >= 0.6 is 0 Å². The van der Waals surface area contributed by atoms with E-state index in [1.54, 1.807) is 7.11 Å². The molecule has 0 aromatic carbocycles. The maximum absolute atomic E-state index is 5.13. The lowest BCUT2D eigenvalue weighted by Crippen LogP contribution is -2.32. The van der Waals surface area contributed by atoms with Crippen molar-refractivity contribution in [3.63, 3.8) is 0 Å². The van der Waals surface area contributed by atoms with Gasteiger partial charge in [-0.2, -0.15) is 0 Å². The molecule has 0 aliphatic heterocycles. The van der Waals surface area contributed by atoms with E-state index in [1.807, 2.05) is 0 Å². The van der Waals surface area contributed by atoms with Crippen LogP contribution in [0.3, 0.4) is 0 Å². The molecule has 0 saturated heterocycles. The molecule has 0 bridgehead atoms. The summed E-state index contributed by atoms with van der Waals surface area (Å²) >= 11 is 0. The van der Waals surface area contributed by atoms with Crippen LogP contribution in [0.2, 0.25) is 0 Å². The first-order valence-corrected chi connectivity index (χ1v) is 6.03. The van der Waals surface area contributed by atoms with Gasteiger partial charge in [0.25, 0.3) is 0 Å². The smallest absolute Gasteiger partial charge is 0.0462 e. The summed E-state index contributed by atoms with van der Waals surface area (Å²) in [6.07, 6.45) is 8.26. The predicted molar refractivity (Wildman–Crippen MR) is 60.6 cm³/mol. The molecule has 0 heterocycles. The van der Waals surface area contributed by atoms with Gasteiger partial charge in [-0.05, 0) is 37.6 Å². The minimum absolute atomic E-state index is 0.606. The Bertz CT molecular complexity index is 141. The first-order chi connectivity index (χ1) is 6.83. The van der Waals surface area contributed by atoms with Gasteiger partial charge in [-0.15, -0.1) is 0 Å². The molecule has 0 atom stereocenters. The van der Waals surface area contributed by atoms with Gasteiger partial charge in [-0.1, -0.05) is 19.8 Å². The highest BCUT2D eigenvalue weighted by Gasteiger charge is 2.32. The fraction of sp³-hybridized carbons (Fsp3) is 1.00. The van der Waals surface area contributed by atoms with E-state index in [0.29, 0.717) is 5.41 Å². The zero-order valence-corrected chi connectivity index (χ0v) is 9.77. The van der Waals surface area contributed by atoms with E-state index in [-0.39, 0.29) is 0 Å². The quantitative estimate of drug-likeness (QED) is 0.636. The van der Waals surface area contributed by atoms with Gasteiger partial charge in [-0.3, -0.25) is 0 Å². The molecule has 0 spiro atoms. The highest BCUT2D eigenvalue weighted by Crippen LogP contribution is 2.41. The number of nitrogens with one attached hydrogen (secondary N) is 1. The molecule has 1 saturated carbocycles. The largest absolute Gasteiger partial charge is 0.385 e. The molecule has 0 amide bonds. The number of ether oxygens (including phenoxy) is 1. The van der Waals surface area contributed by atoms with Crippen molar-refractivity contribution < 1.29 is 4.74 Å². The van der Waals surface area contributed by atoms with Crippen molar-refractivity contribution >= 4 is 0 Å². The third-order valence-electron chi connectivity index (χ3n) is 3.47. The number of hydrogen-bond acceptors (Lipinski definition) is 2. The van der Waals surface area contributed by atoms with E-state index in [4.69, 9.17) is 4.74 Å². The minimum atomic E-state index is 0.606. The molecule has 2 heteroatoms. The summed E-state index contributed by atoms with van der Waals surface area (Å²) in [4.78, 5) is 0. The Kier molecular flexibility index (Phi) is 5.49. The summed E-state index contributed by atoms with van der Waals surface area (Å²) in [5.41, 5.74) is 0.606. The second kappa shape index (κ2) is 6.41. The highest BCUT2D eigenvalue weighted by atomic mass is 16.5. The Morgan fingerprint density at radius 3 is 2.57 bits per heavy atom. The van der Waals surface area contributed by atoms with Gasteiger partial charge in [0.15, 0.2) is 0 Å². The lowest BCUT2D eigenvalue weighted by Gasteiger charge is -2.29. The van der Waals surface area contributed by atoms with Gasteiger partial charge in [0, 0.05) is 20.3 Å². The molecule has 1 N–H and O–H groups in total. The standard InChI is InChI=1S/C12H25NO/c1-3-13-11-12(7-4-5-8-12)9-6-10-14-2/h13H,3-11H2,1-2H3. The Balaban J connectivity index is 2.28. The van der Waals surface area contributed by atoms with Crippen LogP contribution in [-0.4, -0.2) is 26.8 Å². The average molecular weight is 199 g/mol. The van der Waals surface area contributed by atoms with Crippen molar-refractivity contribution in [1.82, 2.24) is 5.32 Å². The van der Waals surface area contributed by atoms with Gasteiger partial charge in [0.1, 0.15) is 0 Å². The Morgan fingerprint density at radius 1 is 1.29 bits per heavy atom. The van der Waals surface area contributed by atoms with Crippen molar-refractivity contribution in [2.75, 3.05) is 26.8 Å². The van der Waals surface area contributed by atoms with Crippen LogP contribution < -0.4 is 5.32 Å². The van der Waals surface area contributed by atoms with Gasteiger partial charge >= 0.3 is 0 Å². The van der Waals surface area contributed by atoms with Crippen LogP contribution in [0.25, 0.3) is 0 Å². The molecule has 1 rings (SSSR count). The van der Waals surface area contributed by atoms with Gasteiger partial charge in [0.2, 0.25) is 0 Å². The van der Waals surface area contributed by atoms with Crippen LogP contribution in [0.15, 0.2) is 0 Å². The summed E-state index contributed by atoms with van der Waals surface area (Å²) in [6.45, 7) is 5.44. The van der Waals surface area contributed by atoms with Crippen LogP contribution in [0, 0.1) is 5.41 Å². The van der Waals surface area contributed by atoms with E-state index in [9.17, 15) is 0 Å². The molecule has 1 aliphatic rings. The van der Waals surface area contributed by atoms with Crippen molar-refractivity contribution in [1.29, 1.82) is 0 Å². The van der Waals surface area contributed by atoms with E-state index in [1.165, 1.54) is 45.1 Å². The zero-order chi connectivity index (χ0) is 10.3. The van der Waals surface area contributed by atoms with Crippen molar-refractivity contribution in [3.8, 4) is 0 Å². The molecule has 0 aromatic heterocycles. The number of methoxy groups -OCH3 is 1. The molecular weight excluding hydrogens is 174 g/mol. The molecular formula is C12H25NO. The molecule has 14 heavy (non-hydrogen) atoms. The summed E-state index contributed by atoms with van der Waals surface area (Å²) in [5.74, 6) is 0. The highest BCUT2D eigenvalue weighted by molar-refractivity contribution is 4.86. The lowest BCUT2D eigenvalue weighted by atomic mass is 9.81. The van der Waals surface area contributed by atoms with Crippen molar-refractivity contribution in [3.05, 3.63) is 0 Å². The summed E-state index contributed by atoms with van der Waals surface area (Å²) in [6, 6.07) is 0. The molecule has 84 valence electrons. The first kappa shape index (κ1) is 12.0. The summed E-state index contributed by atoms with van der Waals surface area (Å²) < 4.78 is 5.13. The van der Waals surface area contributed by atoms with Crippen LogP contribution in [0.1, 0.15) is 45.4 Å². The maximum atomic E-state index is 5.13. The second-order valence-corrected chi connectivity index (χ2v) is 4.58. The average Bonchev–Trinajstić information content (AvgIpc) is 2.65. The van der Waals surface area contributed by atoms with Crippen molar-refractivity contribution in [2.24, 2.45) is 5.41 Å². The second-order valence-electron chi connectivity index (χ2n) is 4.58. The van der Waals surface area contributed by atoms with Gasteiger partial charge in [0.05, 0.1) is 0 Å². The molecule has 1 fully saturated rings. The van der Waals surface area contributed by atoms with Crippen LogP contribution in [0.4, 0.5) is 0 Å². The van der Waals surface area contributed by atoms with E-state index >= 15 is 0 Å². The fourth-order valence-corrected chi connectivity index (χ4v) is 2.62. The topological polar surface area (TPSA) is 21.3 Å². The molecule has 1 aliphatic carbocycles. The predicted octanol–water partition coefficient (Wildman–Crippen LogP) is 2.58. The summed E-state index contributed by atoms with van der Waals surface area (Å²) in [5, 5.41) is 3.52. The van der Waals surface area contributed by atoms with E-state index in [2.05, 4.69) is 12.2 Å². The van der Waals surface area contributed by atoms with Gasteiger partial charge in [-0.25, -0.2) is 0 Å². The molecule has 0 aromatic rings. The monoisotopic (exact) mass is 199 g/mol.